The summed E-state index contributed by atoms with van der Waals surface area (Å²) in [6.45, 7) is 3.58. The molecule has 0 amide bonds. The van der Waals surface area contributed by atoms with Crippen molar-refractivity contribution in [1.29, 1.82) is 0 Å². The number of aryl methyl sites for hydroxylation is 1. The fourth-order valence-corrected chi connectivity index (χ4v) is 2.21. The Hall–Kier alpha value is -3.25. The van der Waals surface area contributed by atoms with Crippen molar-refractivity contribution in [3.8, 4) is 23.0 Å². The highest BCUT2D eigenvalue weighted by Gasteiger charge is 2.02. The Balaban J connectivity index is 0.000000489. The van der Waals surface area contributed by atoms with E-state index in [1.807, 2.05) is 55.5 Å². The minimum Gasteiger partial charge on any atom is -0.457 e. The maximum Gasteiger partial charge on any atom is 0.261 e. The molecule has 0 fully saturated rings. The van der Waals surface area contributed by atoms with Crippen LogP contribution >= 0.6 is 0 Å². The molecule has 11 heteroatoms. The van der Waals surface area contributed by atoms with Crippen LogP contribution in [0.15, 0.2) is 72.8 Å². The van der Waals surface area contributed by atoms with Crippen LogP contribution in [0.2, 0.25) is 0 Å². The molecule has 0 atom stereocenters. The Morgan fingerprint density at radius 3 is 1.12 bits per heavy atom. The maximum absolute atomic E-state index is 11.3. The molecule has 0 bridgehead atoms. The number of hydrogen-bond acceptors (Lipinski definition) is 7. The van der Waals surface area contributed by atoms with E-state index in [2.05, 4.69) is 0 Å². The molecular weight excluding hydrogens is 484 g/mol. The first-order chi connectivity index (χ1) is 15.6. The highest BCUT2D eigenvalue weighted by molar-refractivity contribution is 7.85. The van der Waals surface area contributed by atoms with Gasteiger partial charge in [-0.2, -0.15) is 16.8 Å². The molecule has 0 aromatic heterocycles. The lowest BCUT2D eigenvalue weighted by Gasteiger charge is -2.09. The predicted octanol–water partition coefficient (Wildman–Crippen LogP) is 4.79. The van der Waals surface area contributed by atoms with Gasteiger partial charge in [-0.05, 0) is 74.5 Å². The number of carbonyl (C=O) groups excluding carboxylic acids is 1. The second-order valence-electron chi connectivity index (χ2n) is 7.04. The monoisotopic (exact) mass is 510 g/mol. The maximum atomic E-state index is 11.3. The van der Waals surface area contributed by atoms with Gasteiger partial charge in [0.1, 0.15) is 23.0 Å². The molecule has 3 aromatic rings. The van der Waals surface area contributed by atoms with Crippen LogP contribution in [-0.4, -0.2) is 44.2 Å². The first kappa shape index (κ1) is 28.8. The Morgan fingerprint density at radius 1 is 0.618 bits per heavy atom. The van der Waals surface area contributed by atoms with Crippen LogP contribution in [0.5, 0.6) is 23.0 Å². The number of carbonyl (C=O) groups is 1. The lowest BCUT2D eigenvalue weighted by Crippen LogP contribution is -1.91. The Labute approximate surface area is 199 Å². The van der Waals surface area contributed by atoms with Gasteiger partial charge in [0, 0.05) is 5.56 Å². The molecule has 9 nitrogen and oxygen atoms in total. The highest BCUT2D eigenvalue weighted by Crippen LogP contribution is 2.27. The molecule has 2 N–H and O–H groups in total. The topological polar surface area (TPSA) is 144 Å². The van der Waals surface area contributed by atoms with E-state index in [1.54, 1.807) is 31.2 Å². The molecule has 0 saturated carbocycles. The van der Waals surface area contributed by atoms with Crippen LogP contribution in [0.4, 0.5) is 0 Å². The van der Waals surface area contributed by atoms with Gasteiger partial charge in [0.25, 0.3) is 20.2 Å². The van der Waals surface area contributed by atoms with E-state index < -0.39 is 20.2 Å². The van der Waals surface area contributed by atoms with Gasteiger partial charge in [0.15, 0.2) is 5.78 Å². The summed E-state index contributed by atoms with van der Waals surface area (Å²) in [5, 5.41) is 0. The minimum absolute atomic E-state index is 0.0409. The summed E-state index contributed by atoms with van der Waals surface area (Å²) >= 11 is 0. The van der Waals surface area contributed by atoms with Crippen molar-refractivity contribution in [2.45, 2.75) is 13.8 Å². The molecular formula is C23H26O9S2. The number of rotatable bonds is 5. The SMILES string of the molecule is CC(=O)c1ccc(Oc2ccc(Oc3ccc(C)cc3)cc2)cc1.CS(=O)(=O)O.CS(=O)(=O)O. The van der Waals surface area contributed by atoms with Gasteiger partial charge in [0.05, 0.1) is 12.5 Å². The third-order valence-corrected chi connectivity index (χ3v) is 3.58. The van der Waals surface area contributed by atoms with Crippen LogP contribution in [0, 0.1) is 6.92 Å². The molecule has 0 radical (unpaired) electrons. The third kappa shape index (κ3) is 14.7. The number of Topliss-reactive ketones (excluding diaryl/α,β-unsaturated/α-hetero) is 1. The van der Waals surface area contributed by atoms with E-state index in [1.165, 1.54) is 5.56 Å². The average Bonchev–Trinajstić information content (AvgIpc) is 2.69. The van der Waals surface area contributed by atoms with Gasteiger partial charge in [-0.25, -0.2) is 0 Å². The van der Waals surface area contributed by atoms with Gasteiger partial charge in [0.2, 0.25) is 0 Å². The first-order valence-corrected chi connectivity index (χ1v) is 13.3. The van der Waals surface area contributed by atoms with Gasteiger partial charge >= 0.3 is 0 Å². The molecule has 0 aliphatic heterocycles. The molecule has 184 valence electrons. The molecule has 0 aliphatic rings. The highest BCUT2D eigenvalue weighted by atomic mass is 32.2. The zero-order valence-corrected chi connectivity index (χ0v) is 20.6. The van der Waals surface area contributed by atoms with Crippen molar-refractivity contribution in [1.82, 2.24) is 0 Å². The summed E-state index contributed by atoms with van der Waals surface area (Å²) in [5.41, 5.74) is 1.87. The first-order valence-electron chi connectivity index (χ1n) is 9.58. The Kier molecular flexibility index (Phi) is 10.9. The van der Waals surface area contributed by atoms with E-state index in [9.17, 15) is 21.6 Å². The lowest BCUT2D eigenvalue weighted by atomic mass is 10.1. The van der Waals surface area contributed by atoms with Gasteiger partial charge in [-0.3, -0.25) is 13.9 Å². The summed E-state index contributed by atoms with van der Waals surface area (Å²) in [6.07, 6.45) is 1.43. The third-order valence-electron chi connectivity index (χ3n) is 3.58. The van der Waals surface area contributed by atoms with E-state index >= 15 is 0 Å². The summed E-state index contributed by atoms with van der Waals surface area (Å²) in [6, 6.07) is 22.4. The largest absolute Gasteiger partial charge is 0.457 e. The summed E-state index contributed by atoms with van der Waals surface area (Å²) < 4.78 is 63.3. The summed E-state index contributed by atoms with van der Waals surface area (Å²) in [7, 11) is -7.33. The summed E-state index contributed by atoms with van der Waals surface area (Å²) in [5.74, 6) is 2.99. The van der Waals surface area contributed by atoms with Crippen molar-refractivity contribution < 1.29 is 40.2 Å². The van der Waals surface area contributed by atoms with Crippen molar-refractivity contribution in [3.05, 3.63) is 83.9 Å². The Morgan fingerprint density at radius 2 is 0.853 bits per heavy atom. The quantitative estimate of drug-likeness (QED) is 0.365. The molecule has 3 rings (SSSR count). The van der Waals surface area contributed by atoms with Crippen LogP contribution in [-0.2, 0) is 20.2 Å². The fraction of sp³-hybridized carbons (Fsp3) is 0.174. The van der Waals surface area contributed by atoms with Crippen LogP contribution in [0.3, 0.4) is 0 Å². The van der Waals surface area contributed by atoms with E-state index in [4.69, 9.17) is 18.6 Å². The lowest BCUT2D eigenvalue weighted by molar-refractivity contribution is 0.101. The number of hydrogen-bond donors (Lipinski definition) is 2. The second-order valence-corrected chi connectivity index (χ2v) is 9.97. The van der Waals surface area contributed by atoms with E-state index in [-0.39, 0.29) is 5.78 Å². The zero-order valence-electron chi connectivity index (χ0n) is 19.0. The van der Waals surface area contributed by atoms with Crippen molar-refractivity contribution in [3.63, 3.8) is 0 Å². The molecule has 0 spiro atoms. The van der Waals surface area contributed by atoms with Crippen LogP contribution in [0.25, 0.3) is 0 Å². The molecule has 3 aromatic carbocycles. The van der Waals surface area contributed by atoms with Crippen LogP contribution < -0.4 is 9.47 Å². The number of ether oxygens (including phenoxy) is 2. The van der Waals surface area contributed by atoms with Gasteiger partial charge < -0.3 is 9.47 Å². The van der Waals surface area contributed by atoms with Crippen molar-refractivity contribution in [2.75, 3.05) is 12.5 Å². The molecule has 0 aliphatic carbocycles. The van der Waals surface area contributed by atoms with Crippen molar-refractivity contribution in [2.24, 2.45) is 0 Å². The Bertz CT molecular complexity index is 1220. The minimum atomic E-state index is -3.67. The van der Waals surface area contributed by atoms with Gasteiger partial charge in [-0.15, -0.1) is 0 Å². The molecule has 0 unspecified atom stereocenters. The summed E-state index contributed by atoms with van der Waals surface area (Å²) in [4.78, 5) is 11.3. The molecule has 0 saturated heterocycles. The molecule has 0 heterocycles. The smallest absolute Gasteiger partial charge is 0.261 e. The van der Waals surface area contributed by atoms with Gasteiger partial charge in [-0.1, -0.05) is 17.7 Å². The van der Waals surface area contributed by atoms with E-state index in [0.717, 1.165) is 11.5 Å². The standard InChI is InChI=1S/C21H18O3.2CH4O3S/c1-15-3-7-18(8-4-15)23-20-11-13-21(14-12-20)24-19-9-5-17(6-10-19)16(2)22;2*1-5(2,3)4/h3-14H,1-2H3;2*1H3,(H,2,3,4). The van der Waals surface area contributed by atoms with E-state index in [0.29, 0.717) is 29.6 Å². The predicted molar refractivity (Wildman–Crippen MR) is 129 cm³/mol. The number of benzene rings is 3. The molecule has 34 heavy (non-hydrogen) atoms. The number of ketones is 1. The van der Waals surface area contributed by atoms with Crippen LogP contribution in [0.1, 0.15) is 22.8 Å². The fourth-order valence-electron chi connectivity index (χ4n) is 2.21. The normalized spacial score (nSPS) is 10.6. The zero-order chi connectivity index (χ0) is 25.9. The average molecular weight is 511 g/mol. The van der Waals surface area contributed by atoms with Crippen molar-refractivity contribution >= 4 is 26.0 Å². The second kappa shape index (κ2) is 12.8.